The van der Waals surface area contributed by atoms with Crippen molar-refractivity contribution in [3.8, 4) is 0 Å². The van der Waals surface area contributed by atoms with Crippen LogP contribution in [-0.4, -0.2) is 65.8 Å². The van der Waals surface area contributed by atoms with Gasteiger partial charge in [-0.2, -0.15) is 14.6 Å². The summed E-state index contributed by atoms with van der Waals surface area (Å²) < 4.78 is 20.5. The van der Waals surface area contributed by atoms with Gasteiger partial charge in [0.15, 0.2) is 5.65 Å². The van der Waals surface area contributed by atoms with E-state index >= 15 is 0 Å². The number of nitrogens with two attached hydrogens (primary N) is 1. The van der Waals surface area contributed by atoms with E-state index < -0.39 is 31.8 Å². The highest BCUT2D eigenvalue weighted by Gasteiger charge is 2.31. The normalized spacial score (nSPS) is 15.2. The minimum absolute atomic E-state index is 0.0302. The Morgan fingerprint density at radius 3 is 2.38 bits per heavy atom. The Bertz CT molecular complexity index is 805. The van der Waals surface area contributed by atoms with Gasteiger partial charge < -0.3 is 35.0 Å². The number of ether oxygens (including phenoxy) is 2. The van der Waals surface area contributed by atoms with Gasteiger partial charge in [-0.3, -0.25) is 4.98 Å². The predicted molar refractivity (Wildman–Crippen MR) is 89.1 cm³/mol. The molecule has 14 heteroatoms. The second kappa shape index (κ2) is 9.19. The van der Waals surface area contributed by atoms with Gasteiger partial charge in [0.25, 0.3) is 0 Å². The van der Waals surface area contributed by atoms with E-state index in [1.807, 2.05) is 6.92 Å². The number of nitrogens with one attached hydrogen (secondary N) is 1. The Morgan fingerprint density at radius 1 is 1.35 bits per heavy atom. The molecule has 2 rings (SSSR count). The first kappa shape index (κ1) is 22.2. The van der Waals surface area contributed by atoms with Gasteiger partial charge in [0.05, 0.1) is 12.3 Å². The summed E-state index contributed by atoms with van der Waals surface area (Å²) in [7, 11) is -1.67. The van der Waals surface area contributed by atoms with Gasteiger partial charge in [-0.1, -0.05) is 6.92 Å². The van der Waals surface area contributed by atoms with Gasteiger partial charge in [-0.05, 0) is 6.42 Å². The smallest absolute Gasteiger partial charge is 0.387 e. The third-order valence-corrected chi connectivity index (χ3v) is 3.38. The molecule has 0 aliphatic carbocycles. The number of phosphoric acid groups is 1. The van der Waals surface area contributed by atoms with Crippen LogP contribution in [0, 0.1) is 0 Å². The Kier molecular flexibility index (Phi) is 7.84. The lowest BCUT2D eigenvalue weighted by Gasteiger charge is -2.26. The van der Waals surface area contributed by atoms with Gasteiger partial charge in [-0.15, -0.1) is 0 Å². The number of hydrogen-bond donors (Lipinski definition) is 6. The van der Waals surface area contributed by atoms with Crippen molar-refractivity contribution in [3.05, 3.63) is 22.2 Å². The Morgan fingerprint density at radius 2 is 1.92 bits per heavy atom. The number of hydrogen-bond acceptors (Lipinski definition) is 8. The highest BCUT2D eigenvalue weighted by molar-refractivity contribution is 7.45. The zero-order chi connectivity index (χ0) is 20.1. The molecular formula is C12H22N5O8P. The minimum atomic E-state index is -4.64. The van der Waals surface area contributed by atoms with E-state index in [9.17, 15) is 9.90 Å². The van der Waals surface area contributed by atoms with Crippen LogP contribution in [0.2, 0.25) is 0 Å². The van der Waals surface area contributed by atoms with Crippen molar-refractivity contribution in [3.63, 3.8) is 0 Å². The van der Waals surface area contributed by atoms with Gasteiger partial charge in [-0.25, -0.2) is 9.36 Å². The average molecular weight is 395 g/mol. The standard InChI is InChI=1S/C12H19N5O4.H3O4P/c1-4-7(20-2)8(18)9(21-3)6-5-14-17-10(6)15-11(13)16-12(17)19;1-5(2,3)4/h5,7-9,18H,4H2,1-3H3,(H3,13,15,16,19);(H3,1,2,3,4). The Labute approximate surface area is 147 Å². The third-order valence-electron chi connectivity index (χ3n) is 3.38. The maximum Gasteiger partial charge on any atom is 0.466 e. The van der Waals surface area contributed by atoms with Crippen molar-refractivity contribution in [2.45, 2.75) is 31.7 Å². The maximum atomic E-state index is 11.7. The van der Waals surface area contributed by atoms with E-state index in [1.165, 1.54) is 20.4 Å². The number of nitrogens with zero attached hydrogens (tertiary/aromatic N) is 3. The summed E-state index contributed by atoms with van der Waals surface area (Å²) in [5, 5.41) is 14.4. The van der Waals surface area contributed by atoms with E-state index in [2.05, 4.69) is 15.1 Å². The number of aliphatic hydroxyl groups is 1. The molecule has 0 aromatic carbocycles. The molecule has 0 amide bonds. The Balaban J connectivity index is 0.000000597. The van der Waals surface area contributed by atoms with E-state index in [0.717, 1.165) is 4.52 Å². The number of aromatic amines is 1. The molecule has 0 bridgehead atoms. The van der Waals surface area contributed by atoms with E-state index in [4.69, 9.17) is 34.5 Å². The van der Waals surface area contributed by atoms with E-state index in [-0.39, 0.29) is 11.6 Å². The molecule has 2 aromatic heterocycles. The molecule has 0 fully saturated rings. The molecule has 0 saturated carbocycles. The van der Waals surface area contributed by atoms with Crippen molar-refractivity contribution in [2.24, 2.45) is 0 Å². The summed E-state index contributed by atoms with van der Waals surface area (Å²) >= 11 is 0. The lowest BCUT2D eigenvalue weighted by atomic mass is 10.0. The van der Waals surface area contributed by atoms with Gasteiger partial charge in [0.2, 0.25) is 5.95 Å². The predicted octanol–water partition coefficient (Wildman–Crippen LogP) is -1.46. The van der Waals surface area contributed by atoms with Crippen LogP contribution in [0.25, 0.3) is 5.65 Å². The molecular weight excluding hydrogens is 373 g/mol. The lowest BCUT2D eigenvalue weighted by molar-refractivity contribution is -0.0910. The number of methoxy groups -OCH3 is 2. The summed E-state index contributed by atoms with van der Waals surface area (Å²) in [6.45, 7) is 1.89. The van der Waals surface area contributed by atoms with Crippen molar-refractivity contribution < 1.29 is 33.8 Å². The quantitative estimate of drug-likeness (QED) is 0.312. The molecule has 3 atom stereocenters. The molecule has 3 unspecified atom stereocenters. The highest BCUT2D eigenvalue weighted by Crippen LogP contribution is 2.27. The molecule has 2 aromatic rings. The average Bonchev–Trinajstić information content (AvgIpc) is 2.92. The van der Waals surface area contributed by atoms with Crippen LogP contribution in [0.4, 0.5) is 5.95 Å². The number of fused-ring (bicyclic) bond motifs is 1. The highest BCUT2D eigenvalue weighted by atomic mass is 31.2. The van der Waals surface area contributed by atoms with Crippen LogP contribution in [0.15, 0.2) is 11.0 Å². The largest absolute Gasteiger partial charge is 0.466 e. The van der Waals surface area contributed by atoms with Crippen LogP contribution >= 0.6 is 7.82 Å². The van der Waals surface area contributed by atoms with Crippen LogP contribution in [0.1, 0.15) is 25.0 Å². The van der Waals surface area contributed by atoms with E-state index in [0.29, 0.717) is 12.0 Å². The second-order valence-corrected chi connectivity index (χ2v) is 6.13. The molecule has 7 N–H and O–H groups in total. The zero-order valence-corrected chi connectivity index (χ0v) is 15.2. The van der Waals surface area contributed by atoms with Crippen molar-refractivity contribution in [2.75, 3.05) is 20.0 Å². The molecule has 148 valence electrons. The first-order valence-corrected chi connectivity index (χ1v) is 8.85. The Hall–Kier alpha value is -1.86. The number of rotatable bonds is 6. The molecule has 0 aliphatic rings. The maximum absolute atomic E-state index is 11.7. The SMILES string of the molecule is CCC(OC)C(O)C(OC)c1cnn2c(=O)[nH]c(N)nc12.O=P(O)(O)O. The van der Waals surface area contributed by atoms with Gasteiger partial charge in [0, 0.05) is 19.8 Å². The number of nitrogen functional groups attached to an aromatic ring is 1. The van der Waals surface area contributed by atoms with Crippen molar-refractivity contribution >= 4 is 19.4 Å². The van der Waals surface area contributed by atoms with Crippen LogP contribution in [0.5, 0.6) is 0 Å². The summed E-state index contributed by atoms with van der Waals surface area (Å²) in [5.74, 6) is -0.0302. The number of aromatic nitrogens is 4. The molecule has 0 radical (unpaired) electrons. The van der Waals surface area contributed by atoms with Crippen LogP contribution in [-0.2, 0) is 14.0 Å². The summed E-state index contributed by atoms with van der Waals surface area (Å²) in [6, 6.07) is 0. The molecule has 0 aliphatic heterocycles. The molecule has 13 nitrogen and oxygen atoms in total. The first-order valence-electron chi connectivity index (χ1n) is 7.28. The number of anilines is 1. The molecule has 0 saturated heterocycles. The summed E-state index contributed by atoms with van der Waals surface area (Å²) in [4.78, 5) is 39.7. The molecule has 0 spiro atoms. The fourth-order valence-electron chi connectivity index (χ4n) is 2.31. The topological polar surface area (TPSA) is 206 Å². The second-order valence-electron chi connectivity index (χ2n) is 5.11. The molecule has 2 heterocycles. The van der Waals surface area contributed by atoms with Gasteiger partial charge >= 0.3 is 13.5 Å². The fourth-order valence-corrected chi connectivity index (χ4v) is 2.31. The van der Waals surface area contributed by atoms with Gasteiger partial charge in [0.1, 0.15) is 12.2 Å². The lowest BCUT2D eigenvalue weighted by Crippen LogP contribution is -2.34. The third kappa shape index (κ3) is 5.85. The number of H-pyrrole nitrogens is 1. The summed E-state index contributed by atoms with van der Waals surface area (Å²) in [6.07, 6.45) is -0.0467. The zero-order valence-electron chi connectivity index (χ0n) is 14.3. The van der Waals surface area contributed by atoms with Crippen LogP contribution in [0.3, 0.4) is 0 Å². The summed E-state index contributed by atoms with van der Waals surface area (Å²) in [5.41, 5.74) is 5.75. The minimum Gasteiger partial charge on any atom is -0.387 e. The van der Waals surface area contributed by atoms with Crippen molar-refractivity contribution in [1.29, 1.82) is 0 Å². The molecule has 26 heavy (non-hydrogen) atoms. The fraction of sp³-hybridized carbons (Fsp3) is 0.583. The monoisotopic (exact) mass is 395 g/mol. The first-order chi connectivity index (χ1) is 12.0. The van der Waals surface area contributed by atoms with Crippen LogP contribution < -0.4 is 11.4 Å². The van der Waals surface area contributed by atoms with Crippen molar-refractivity contribution in [1.82, 2.24) is 19.6 Å². The van der Waals surface area contributed by atoms with E-state index in [1.54, 1.807) is 0 Å². The number of aliphatic hydroxyl groups excluding tert-OH is 1.